The monoisotopic (exact) mass is 221 g/mol. The zero-order valence-corrected chi connectivity index (χ0v) is 10.6. The first kappa shape index (κ1) is 13.2. The fourth-order valence-corrected chi connectivity index (χ4v) is 1.69. The summed E-state index contributed by atoms with van der Waals surface area (Å²) in [6.45, 7) is 1.02. The van der Waals surface area contributed by atoms with Crippen LogP contribution in [0.4, 0.5) is 0 Å². The topological polar surface area (TPSA) is 21.7 Å². The molecule has 1 aromatic carbocycles. The summed E-state index contributed by atoms with van der Waals surface area (Å²) in [6.07, 6.45) is 1.01. The first-order valence-corrected chi connectivity index (χ1v) is 5.47. The fourth-order valence-electron chi connectivity index (χ4n) is 1.69. The summed E-state index contributed by atoms with van der Waals surface area (Å²) >= 11 is 0. The minimum absolute atomic E-state index is 0.265. The highest BCUT2D eigenvalue weighted by Crippen LogP contribution is 2.01. The quantitative estimate of drug-likeness (QED) is 0.662. The minimum atomic E-state index is -0.265. The van der Waals surface area contributed by atoms with Crippen molar-refractivity contribution in [2.24, 2.45) is 0 Å². The van der Waals surface area contributed by atoms with E-state index in [0.717, 1.165) is 18.4 Å². The Morgan fingerprint density at radius 1 is 1.12 bits per heavy atom. The van der Waals surface area contributed by atoms with Gasteiger partial charge in [0.25, 0.3) is 0 Å². The van der Waals surface area contributed by atoms with Crippen molar-refractivity contribution in [2.45, 2.75) is 6.42 Å². The van der Waals surface area contributed by atoms with Crippen molar-refractivity contribution in [3.8, 4) is 0 Å². The van der Waals surface area contributed by atoms with Crippen LogP contribution in [0.15, 0.2) is 24.3 Å². The van der Waals surface area contributed by atoms with Gasteiger partial charge in [-0.25, -0.2) is 0 Å². The lowest BCUT2D eigenvalue weighted by atomic mass is 9.75. The van der Waals surface area contributed by atoms with Gasteiger partial charge < -0.3 is 14.2 Å². The van der Waals surface area contributed by atoms with Gasteiger partial charge in [-0.05, 0) is 31.5 Å². The average molecular weight is 221 g/mol. The number of nitrogens with zero attached hydrogens (tertiary/aromatic N) is 1. The third-order valence-electron chi connectivity index (χ3n) is 2.57. The molecule has 0 atom stereocenters. The molecule has 0 spiro atoms. The molecule has 0 heterocycles. The smallest absolute Gasteiger partial charge is 0.410 e. The van der Waals surface area contributed by atoms with Crippen molar-refractivity contribution in [3.63, 3.8) is 0 Å². The highest BCUT2D eigenvalue weighted by atomic mass is 16.6. The number of likely N-dealkylation sites (N-methyl/N-ethyl adjacent to an activating group) is 1. The zero-order chi connectivity index (χ0) is 12.0. The third kappa shape index (κ3) is 3.63. The van der Waals surface area contributed by atoms with E-state index in [1.807, 2.05) is 6.07 Å². The minimum Gasteiger partial charge on any atom is -0.410 e. The molecular formula is C12H20BNO2. The fraction of sp³-hybridized carbons (Fsp3) is 0.500. The third-order valence-corrected chi connectivity index (χ3v) is 2.57. The van der Waals surface area contributed by atoms with Crippen LogP contribution in [0.25, 0.3) is 0 Å². The second-order valence-electron chi connectivity index (χ2n) is 4.06. The maximum absolute atomic E-state index is 5.30. The summed E-state index contributed by atoms with van der Waals surface area (Å²) in [5.41, 5.74) is 2.40. The van der Waals surface area contributed by atoms with Crippen LogP contribution in [0.3, 0.4) is 0 Å². The maximum Gasteiger partial charge on any atom is 0.493 e. The molecule has 3 nitrogen and oxygen atoms in total. The zero-order valence-electron chi connectivity index (χ0n) is 10.6. The lowest BCUT2D eigenvalue weighted by Crippen LogP contribution is -2.37. The molecule has 0 radical (unpaired) electrons. The van der Waals surface area contributed by atoms with Gasteiger partial charge in [0.1, 0.15) is 0 Å². The van der Waals surface area contributed by atoms with E-state index in [-0.39, 0.29) is 7.12 Å². The van der Waals surface area contributed by atoms with E-state index in [4.69, 9.17) is 9.31 Å². The predicted octanol–water partition coefficient (Wildman–Crippen LogP) is 0.779. The SMILES string of the molecule is COB(OC)c1ccccc1CCN(C)C. The number of hydrogen-bond donors (Lipinski definition) is 0. The molecule has 88 valence electrons. The van der Waals surface area contributed by atoms with Crippen LogP contribution in [-0.4, -0.2) is 46.9 Å². The van der Waals surface area contributed by atoms with Gasteiger partial charge in [-0.15, -0.1) is 0 Å². The summed E-state index contributed by atoms with van der Waals surface area (Å²) in [5.74, 6) is 0. The molecule has 0 saturated carbocycles. The Kier molecular flexibility index (Phi) is 5.53. The summed E-state index contributed by atoms with van der Waals surface area (Å²) in [5, 5.41) is 0. The standard InChI is InChI=1S/C12H20BNO2/c1-14(2)10-9-11-7-5-6-8-12(11)13(15-3)16-4/h5-8H,9-10H2,1-4H3. The molecular weight excluding hydrogens is 201 g/mol. The van der Waals surface area contributed by atoms with Gasteiger partial charge >= 0.3 is 7.12 Å². The molecule has 0 saturated heterocycles. The first-order valence-electron chi connectivity index (χ1n) is 5.47. The molecule has 0 amide bonds. The van der Waals surface area contributed by atoms with Crippen LogP contribution in [0.2, 0.25) is 0 Å². The molecule has 0 aromatic heterocycles. The van der Waals surface area contributed by atoms with Crippen LogP contribution < -0.4 is 5.46 Å². The Bertz CT molecular complexity index is 314. The van der Waals surface area contributed by atoms with Gasteiger partial charge in [0.15, 0.2) is 0 Å². The van der Waals surface area contributed by atoms with E-state index >= 15 is 0 Å². The van der Waals surface area contributed by atoms with E-state index in [2.05, 4.69) is 37.2 Å². The number of rotatable bonds is 6. The molecule has 0 N–H and O–H groups in total. The van der Waals surface area contributed by atoms with Crippen molar-refractivity contribution < 1.29 is 9.31 Å². The number of benzene rings is 1. The first-order chi connectivity index (χ1) is 7.69. The lowest BCUT2D eigenvalue weighted by molar-refractivity contribution is 0.291. The number of hydrogen-bond acceptors (Lipinski definition) is 3. The van der Waals surface area contributed by atoms with Gasteiger partial charge in [-0.2, -0.15) is 0 Å². The van der Waals surface area contributed by atoms with Crippen LogP contribution >= 0.6 is 0 Å². The van der Waals surface area contributed by atoms with Crippen molar-refractivity contribution >= 4 is 12.6 Å². The molecule has 0 aliphatic heterocycles. The van der Waals surface area contributed by atoms with Gasteiger partial charge in [0.2, 0.25) is 0 Å². The Morgan fingerprint density at radius 3 is 2.31 bits per heavy atom. The van der Waals surface area contributed by atoms with Gasteiger partial charge in [-0.1, -0.05) is 24.3 Å². The molecule has 1 aromatic rings. The molecule has 0 unspecified atom stereocenters. The van der Waals surface area contributed by atoms with Gasteiger partial charge in [-0.3, -0.25) is 0 Å². The van der Waals surface area contributed by atoms with Crippen molar-refractivity contribution in [3.05, 3.63) is 29.8 Å². The average Bonchev–Trinajstić information content (AvgIpc) is 2.29. The highest BCUT2D eigenvalue weighted by molar-refractivity contribution is 6.61. The summed E-state index contributed by atoms with van der Waals surface area (Å²) in [4.78, 5) is 2.17. The van der Waals surface area contributed by atoms with Crippen LogP contribution in [-0.2, 0) is 15.7 Å². The Morgan fingerprint density at radius 2 is 1.75 bits per heavy atom. The highest BCUT2D eigenvalue weighted by Gasteiger charge is 2.20. The predicted molar refractivity (Wildman–Crippen MR) is 68.1 cm³/mol. The summed E-state index contributed by atoms with van der Waals surface area (Å²) < 4.78 is 10.6. The van der Waals surface area contributed by atoms with E-state index in [1.165, 1.54) is 5.56 Å². The Hall–Kier alpha value is -0.835. The Balaban J connectivity index is 2.82. The second-order valence-corrected chi connectivity index (χ2v) is 4.06. The Labute approximate surface area is 98.5 Å². The van der Waals surface area contributed by atoms with Crippen LogP contribution in [0.5, 0.6) is 0 Å². The summed E-state index contributed by atoms with van der Waals surface area (Å²) in [7, 11) is 7.21. The van der Waals surface area contributed by atoms with Crippen molar-refractivity contribution in [1.82, 2.24) is 4.90 Å². The van der Waals surface area contributed by atoms with E-state index in [0.29, 0.717) is 0 Å². The van der Waals surface area contributed by atoms with Crippen LogP contribution in [0.1, 0.15) is 5.56 Å². The lowest BCUT2D eigenvalue weighted by Gasteiger charge is -2.15. The van der Waals surface area contributed by atoms with Crippen LogP contribution in [0, 0.1) is 0 Å². The van der Waals surface area contributed by atoms with Crippen molar-refractivity contribution in [1.29, 1.82) is 0 Å². The molecule has 0 bridgehead atoms. The van der Waals surface area contributed by atoms with E-state index in [1.54, 1.807) is 14.2 Å². The molecule has 1 rings (SSSR count). The molecule has 0 aliphatic carbocycles. The summed E-state index contributed by atoms with van der Waals surface area (Å²) in [6, 6.07) is 8.25. The molecule has 16 heavy (non-hydrogen) atoms. The van der Waals surface area contributed by atoms with E-state index < -0.39 is 0 Å². The van der Waals surface area contributed by atoms with E-state index in [9.17, 15) is 0 Å². The molecule has 0 aliphatic rings. The largest absolute Gasteiger partial charge is 0.493 e. The normalized spacial score (nSPS) is 10.8. The second kappa shape index (κ2) is 6.68. The molecule has 4 heteroatoms. The van der Waals surface area contributed by atoms with Gasteiger partial charge in [0, 0.05) is 20.8 Å². The van der Waals surface area contributed by atoms with Gasteiger partial charge in [0.05, 0.1) is 0 Å². The molecule has 0 fully saturated rings. The van der Waals surface area contributed by atoms with Crippen molar-refractivity contribution in [2.75, 3.05) is 34.9 Å². The maximum atomic E-state index is 5.30.